The van der Waals surface area contributed by atoms with Crippen molar-refractivity contribution in [2.45, 2.75) is 51.7 Å². The van der Waals surface area contributed by atoms with Gasteiger partial charge in [0.25, 0.3) is 0 Å². The Morgan fingerprint density at radius 1 is 0.941 bits per heavy atom. The molecule has 3 unspecified atom stereocenters. The number of hydrogen-bond donors (Lipinski definition) is 0. The van der Waals surface area contributed by atoms with Gasteiger partial charge in [0.15, 0.2) is 4.88 Å². The predicted molar refractivity (Wildman–Crippen MR) is 80.3 cm³/mol. The first-order chi connectivity index (χ1) is 8.20. The zero-order valence-corrected chi connectivity index (χ0v) is 12.3. The van der Waals surface area contributed by atoms with Gasteiger partial charge < -0.3 is 0 Å². The predicted octanol–water partition coefficient (Wildman–Crippen LogP) is 6.04. The van der Waals surface area contributed by atoms with Gasteiger partial charge >= 0.3 is 0 Å². The van der Waals surface area contributed by atoms with Crippen molar-refractivity contribution in [3.05, 3.63) is 46.7 Å². The molecule has 0 radical (unpaired) electrons. The molecule has 0 amide bonds. The van der Waals surface area contributed by atoms with E-state index in [1.165, 1.54) is 12.8 Å². The monoisotopic (exact) mass is 249 g/mol. The fraction of sp³-hybridized carbons (Fsp3) is 0.500. The second kappa shape index (κ2) is 7.50. The Morgan fingerprint density at radius 3 is 2.24 bits per heavy atom. The minimum atomic E-state index is 0.281. The van der Waals surface area contributed by atoms with Gasteiger partial charge in [0.05, 0.1) is 0 Å². The van der Waals surface area contributed by atoms with Crippen LogP contribution in [-0.4, -0.2) is 0 Å². The molecule has 3 atom stereocenters. The second-order valence-electron chi connectivity index (χ2n) is 4.57. The molecule has 1 heterocycles. The van der Waals surface area contributed by atoms with Crippen molar-refractivity contribution in [2.24, 2.45) is 0 Å². The van der Waals surface area contributed by atoms with E-state index in [4.69, 9.17) is 0 Å². The first kappa shape index (κ1) is 14.2. The van der Waals surface area contributed by atoms with E-state index in [9.17, 15) is 0 Å². The molecule has 0 saturated heterocycles. The lowest BCUT2D eigenvalue weighted by atomic mass is 10.1. The molecule has 0 aliphatic heterocycles. The number of hydrogen-bond acceptors (Lipinski definition) is 0. The van der Waals surface area contributed by atoms with Crippen LogP contribution in [-0.2, 0) is 0 Å². The third-order valence-electron chi connectivity index (χ3n) is 3.31. The molecule has 17 heavy (non-hydrogen) atoms. The molecule has 0 aliphatic carbocycles. The van der Waals surface area contributed by atoms with E-state index in [1.807, 2.05) is 0 Å². The van der Waals surface area contributed by atoms with Crippen molar-refractivity contribution >= 4 is 10.5 Å². The maximum Gasteiger partial charge on any atom is 0.153 e. The highest BCUT2D eigenvalue weighted by Gasteiger charge is 2.20. The molecule has 0 fully saturated rings. The van der Waals surface area contributed by atoms with Gasteiger partial charge in [-0.3, -0.25) is 0 Å². The van der Waals surface area contributed by atoms with E-state index < -0.39 is 0 Å². The maximum atomic E-state index is 2.40. The Morgan fingerprint density at radius 2 is 1.59 bits per heavy atom. The van der Waals surface area contributed by atoms with Crippen LogP contribution in [0.3, 0.4) is 0 Å². The van der Waals surface area contributed by atoms with Crippen molar-refractivity contribution in [3.8, 4) is 0 Å². The molecule has 1 rings (SSSR count). The highest BCUT2D eigenvalue weighted by atomic mass is 32.2. The van der Waals surface area contributed by atoms with E-state index in [0.29, 0.717) is 5.92 Å². The summed E-state index contributed by atoms with van der Waals surface area (Å²) >= 11 is 0. The van der Waals surface area contributed by atoms with Crippen LogP contribution in [0.4, 0.5) is 0 Å². The van der Waals surface area contributed by atoms with Crippen LogP contribution < -0.4 is 0 Å². The molecule has 1 heteroatoms. The molecule has 1 aromatic heterocycles. The van der Waals surface area contributed by atoms with Crippen LogP contribution >= 0.6 is 10.5 Å². The first-order valence-corrected chi connectivity index (χ1v) is 7.99. The van der Waals surface area contributed by atoms with Crippen molar-refractivity contribution in [1.82, 2.24) is 0 Å². The average molecular weight is 249 g/mol. The molecule has 0 spiro atoms. The van der Waals surface area contributed by atoms with Crippen LogP contribution in [0.15, 0.2) is 41.8 Å². The van der Waals surface area contributed by atoms with Crippen molar-refractivity contribution < 1.29 is 0 Å². The molecule has 0 N–H and O–H groups in total. The standard InChI is InChI=1S/C16H25S/c1-5-14(3)16-12-10-8-7-9-11-13-17(16)15(4)6-2/h7-15H,5-6H2,1-4H3/q+1. The summed E-state index contributed by atoms with van der Waals surface area (Å²) in [7, 11) is 0.281. The first-order valence-electron chi connectivity index (χ1n) is 6.64. The largest absolute Gasteiger partial charge is 0.153 e. The molecule has 0 bridgehead atoms. The van der Waals surface area contributed by atoms with Gasteiger partial charge in [-0.15, -0.1) is 0 Å². The minimum Gasteiger partial charge on any atom is -0.0646 e. The second-order valence-corrected chi connectivity index (χ2v) is 6.86. The Labute approximate surface area is 109 Å². The summed E-state index contributed by atoms with van der Waals surface area (Å²) in [4.78, 5) is 1.61. The van der Waals surface area contributed by atoms with Gasteiger partial charge in [-0.05, 0) is 42.4 Å². The summed E-state index contributed by atoms with van der Waals surface area (Å²) in [6.07, 6.45) is 2.47. The van der Waals surface area contributed by atoms with Crippen molar-refractivity contribution in [1.29, 1.82) is 0 Å². The SMILES string of the molecule is CCC(C)c1ccccccc[s+]1C(C)CC. The van der Waals surface area contributed by atoms with Gasteiger partial charge in [-0.2, -0.15) is 0 Å². The van der Waals surface area contributed by atoms with Gasteiger partial charge in [0, 0.05) is 5.92 Å². The minimum absolute atomic E-state index is 0.281. The zero-order chi connectivity index (χ0) is 12.7. The van der Waals surface area contributed by atoms with Crippen LogP contribution in [0.1, 0.15) is 56.6 Å². The van der Waals surface area contributed by atoms with Gasteiger partial charge in [0.2, 0.25) is 0 Å². The fourth-order valence-electron chi connectivity index (χ4n) is 1.77. The third-order valence-corrected chi connectivity index (χ3v) is 6.04. The average Bonchev–Trinajstić information content (AvgIpc) is 2.48. The Balaban J connectivity index is 3.37. The van der Waals surface area contributed by atoms with Gasteiger partial charge in [-0.1, -0.05) is 45.0 Å². The lowest BCUT2D eigenvalue weighted by Crippen LogP contribution is -1.93. The Hall–Kier alpha value is -0.820. The number of rotatable bonds is 4. The molecule has 0 aliphatic rings. The topological polar surface area (TPSA) is 0 Å². The molecule has 0 nitrogen and oxygen atoms in total. The lowest BCUT2D eigenvalue weighted by molar-refractivity contribution is 0.741. The summed E-state index contributed by atoms with van der Waals surface area (Å²) in [6.45, 7) is 9.29. The van der Waals surface area contributed by atoms with Crippen LogP contribution in [0.2, 0.25) is 0 Å². The summed E-state index contributed by atoms with van der Waals surface area (Å²) in [5.41, 5.74) is 0. The highest BCUT2D eigenvalue weighted by molar-refractivity contribution is 7.30. The molecule has 1 aromatic rings. The van der Waals surface area contributed by atoms with Gasteiger partial charge in [-0.25, -0.2) is 0 Å². The van der Waals surface area contributed by atoms with Crippen molar-refractivity contribution in [2.75, 3.05) is 0 Å². The lowest BCUT2D eigenvalue weighted by Gasteiger charge is -2.09. The van der Waals surface area contributed by atoms with Crippen LogP contribution in [0.25, 0.3) is 0 Å². The summed E-state index contributed by atoms with van der Waals surface area (Å²) in [6, 6.07) is 13.1. The molecular weight excluding hydrogens is 224 g/mol. The molecular formula is C16H25S+. The summed E-state index contributed by atoms with van der Waals surface area (Å²) in [5.74, 6) is 0.680. The Bertz CT molecular complexity index is 342. The third kappa shape index (κ3) is 4.16. The summed E-state index contributed by atoms with van der Waals surface area (Å²) in [5, 5.41) is 3.14. The van der Waals surface area contributed by atoms with E-state index >= 15 is 0 Å². The normalized spacial score (nSPS) is 14.9. The van der Waals surface area contributed by atoms with Gasteiger partial charge in [0.1, 0.15) is 10.6 Å². The summed E-state index contributed by atoms with van der Waals surface area (Å²) < 4.78 is 0. The molecule has 0 aromatic carbocycles. The Kier molecular flexibility index (Phi) is 6.28. The smallest absolute Gasteiger partial charge is 0.0646 e. The van der Waals surface area contributed by atoms with Crippen LogP contribution in [0, 0.1) is 0 Å². The fourth-order valence-corrected chi connectivity index (χ4v) is 4.15. The molecule has 94 valence electrons. The maximum absolute atomic E-state index is 2.40. The van der Waals surface area contributed by atoms with E-state index in [2.05, 4.69) is 69.5 Å². The molecule has 0 saturated carbocycles. The van der Waals surface area contributed by atoms with E-state index in [-0.39, 0.29) is 10.5 Å². The van der Waals surface area contributed by atoms with E-state index in [0.717, 1.165) is 5.25 Å². The van der Waals surface area contributed by atoms with Crippen LogP contribution in [0.5, 0.6) is 0 Å². The van der Waals surface area contributed by atoms with E-state index in [1.54, 1.807) is 4.88 Å². The highest BCUT2D eigenvalue weighted by Crippen LogP contribution is 2.39. The quantitative estimate of drug-likeness (QED) is 0.570. The van der Waals surface area contributed by atoms with Crippen molar-refractivity contribution in [3.63, 3.8) is 0 Å². The zero-order valence-electron chi connectivity index (χ0n) is 11.5.